The van der Waals surface area contributed by atoms with Gasteiger partial charge in [0.25, 0.3) is 0 Å². The van der Waals surface area contributed by atoms with Gasteiger partial charge in [-0.2, -0.15) is 0 Å². The number of hydrogen-bond donors (Lipinski definition) is 0. The molecule has 112 valence electrons. The van der Waals surface area contributed by atoms with Gasteiger partial charge in [-0.25, -0.2) is 0 Å². The molecule has 22 heavy (non-hydrogen) atoms. The van der Waals surface area contributed by atoms with E-state index >= 15 is 0 Å². The third-order valence-corrected chi connectivity index (χ3v) is 5.25. The van der Waals surface area contributed by atoms with Crippen LogP contribution in [0.4, 0.5) is 0 Å². The fourth-order valence-electron chi connectivity index (χ4n) is 2.73. The van der Waals surface area contributed by atoms with Crippen molar-refractivity contribution in [2.45, 2.75) is 16.7 Å². The van der Waals surface area contributed by atoms with E-state index in [0.717, 1.165) is 11.4 Å². The smallest absolute Gasteiger partial charge is 0.237 e. The van der Waals surface area contributed by atoms with Crippen molar-refractivity contribution in [1.82, 2.24) is 4.90 Å². The highest BCUT2D eigenvalue weighted by Gasteiger charge is 2.39. The number of carbonyl (C=O) groups is 1. The van der Waals surface area contributed by atoms with Crippen LogP contribution in [0.5, 0.6) is 0 Å². The van der Waals surface area contributed by atoms with Crippen LogP contribution in [0, 0.1) is 5.92 Å². The minimum atomic E-state index is -0.0661. The van der Waals surface area contributed by atoms with Crippen molar-refractivity contribution in [3.05, 3.63) is 78.9 Å². The number of benzene rings is 2. The van der Waals surface area contributed by atoms with Crippen molar-refractivity contribution in [2.24, 2.45) is 5.92 Å². The summed E-state index contributed by atoms with van der Waals surface area (Å²) < 4.78 is 0. The second-order valence-corrected chi connectivity index (χ2v) is 6.67. The van der Waals surface area contributed by atoms with Crippen LogP contribution >= 0.6 is 11.8 Å². The molecule has 2 aromatic rings. The fraction of sp³-hybridized carbons (Fsp3) is 0.211. The Balaban J connectivity index is 1.74. The van der Waals surface area contributed by atoms with Crippen LogP contribution in [0.15, 0.2) is 78.2 Å². The van der Waals surface area contributed by atoms with Crippen LogP contribution < -0.4 is 0 Å². The molecule has 2 atom stereocenters. The minimum absolute atomic E-state index is 0.0661. The largest absolute Gasteiger partial charge is 0.337 e. The van der Waals surface area contributed by atoms with Gasteiger partial charge in [0.2, 0.25) is 5.91 Å². The molecule has 0 unspecified atom stereocenters. The van der Waals surface area contributed by atoms with Crippen LogP contribution in [0.3, 0.4) is 0 Å². The number of likely N-dealkylation sites (tertiary alicyclic amines) is 1. The van der Waals surface area contributed by atoms with E-state index in [1.54, 1.807) is 11.8 Å². The Hall–Kier alpha value is -2.00. The first kappa shape index (κ1) is 14.9. The topological polar surface area (TPSA) is 20.3 Å². The van der Waals surface area contributed by atoms with E-state index in [9.17, 15) is 4.79 Å². The fourth-order valence-corrected chi connectivity index (χ4v) is 3.96. The average molecular weight is 309 g/mol. The molecular weight excluding hydrogens is 290 g/mol. The summed E-state index contributed by atoms with van der Waals surface area (Å²) >= 11 is 1.64. The molecule has 2 nitrogen and oxygen atoms in total. The van der Waals surface area contributed by atoms with Gasteiger partial charge in [-0.1, -0.05) is 54.6 Å². The number of thioether (sulfide) groups is 1. The molecule has 1 heterocycles. The van der Waals surface area contributed by atoms with Gasteiger partial charge in [0.1, 0.15) is 0 Å². The van der Waals surface area contributed by atoms with E-state index in [-0.39, 0.29) is 17.1 Å². The van der Waals surface area contributed by atoms with Gasteiger partial charge in [0, 0.05) is 23.9 Å². The van der Waals surface area contributed by atoms with Gasteiger partial charge in [-0.15, -0.1) is 18.3 Å². The van der Waals surface area contributed by atoms with Crippen molar-refractivity contribution >= 4 is 17.7 Å². The Morgan fingerprint density at radius 3 is 2.36 bits per heavy atom. The third kappa shape index (κ3) is 3.25. The first-order valence-corrected chi connectivity index (χ1v) is 8.33. The van der Waals surface area contributed by atoms with Crippen molar-refractivity contribution in [2.75, 3.05) is 6.54 Å². The van der Waals surface area contributed by atoms with Gasteiger partial charge < -0.3 is 4.90 Å². The molecule has 1 fully saturated rings. The number of nitrogens with zero attached hydrogens (tertiary/aromatic N) is 1. The van der Waals surface area contributed by atoms with E-state index in [2.05, 4.69) is 30.8 Å². The van der Waals surface area contributed by atoms with Gasteiger partial charge >= 0.3 is 0 Å². The van der Waals surface area contributed by atoms with Crippen molar-refractivity contribution in [3.63, 3.8) is 0 Å². The monoisotopic (exact) mass is 309 g/mol. The molecule has 2 aromatic carbocycles. The summed E-state index contributed by atoms with van der Waals surface area (Å²) in [5, 5.41) is -0.0661. The Bertz CT molecular complexity index is 641. The summed E-state index contributed by atoms with van der Waals surface area (Å²) in [5.41, 5.74) is 1.17. The Kier molecular flexibility index (Phi) is 4.64. The zero-order valence-corrected chi connectivity index (χ0v) is 13.2. The SMILES string of the molecule is C=C[C@@H]1CN(Cc2ccccc2)C(=O)[C@H]1Sc1ccccc1. The average Bonchev–Trinajstić information content (AvgIpc) is 2.86. The molecule has 0 aliphatic carbocycles. The molecule has 1 aliphatic rings. The quantitative estimate of drug-likeness (QED) is 0.778. The Morgan fingerprint density at radius 2 is 1.73 bits per heavy atom. The Labute approximate surface area is 135 Å². The van der Waals surface area contributed by atoms with E-state index < -0.39 is 0 Å². The third-order valence-electron chi connectivity index (χ3n) is 3.90. The number of amides is 1. The molecule has 0 radical (unpaired) electrons. The lowest BCUT2D eigenvalue weighted by molar-refractivity contribution is -0.127. The predicted octanol–water partition coefficient (Wildman–Crippen LogP) is 3.99. The molecule has 0 aromatic heterocycles. The highest BCUT2D eigenvalue weighted by Crippen LogP contribution is 2.35. The zero-order valence-electron chi connectivity index (χ0n) is 12.4. The molecule has 1 aliphatic heterocycles. The maximum Gasteiger partial charge on any atom is 0.237 e. The van der Waals surface area contributed by atoms with E-state index in [1.165, 1.54) is 5.56 Å². The van der Waals surface area contributed by atoms with E-state index in [0.29, 0.717) is 6.54 Å². The lowest BCUT2D eigenvalue weighted by Crippen LogP contribution is -2.27. The van der Waals surface area contributed by atoms with Crippen molar-refractivity contribution in [3.8, 4) is 0 Å². The van der Waals surface area contributed by atoms with Gasteiger partial charge in [0.05, 0.1) is 5.25 Å². The van der Waals surface area contributed by atoms with Crippen molar-refractivity contribution < 1.29 is 4.79 Å². The second kappa shape index (κ2) is 6.84. The molecule has 0 spiro atoms. The first-order valence-electron chi connectivity index (χ1n) is 7.45. The summed E-state index contributed by atoms with van der Waals surface area (Å²) in [6.07, 6.45) is 1.92. The van der Waals surface area contributed by atoms with Crippen molar-refractivity contribution in [1.29, 1.82) is 0 Å². The van der Waals surface area contributed by atoms with Crippen LogP contribution in [-0.2, 0) is 11.3 Å². The van der Waals surface area contributed by atoms with Gasteiger partial charge in [0.15, 0.2) is 0 Å². The molecule has 1 amide bonds. The van der Waals surface area contributed by atoms with Crippen LogP contribution in [-0.4, -0.2) is 22.6 Å². The maximum absolute atomic E-state index is 12.7. The van der Waals surface area contributed by atoms with Crippen LogP contribution in [0.2, 0.25) is 0 Å². The van der Waals surface area contributed by atoms with E-state index in [1.807, 2.05) is 47.4 Å². The molecular formula is C19H19NOS. The number of carbonyl (C=O) groups excluding carboxylic acids is 1. The standard InChI is InChI=1S/C19H19NOS/c1-2-16-14-20(13-15-9-5-3-6-10-15)19(21)18(16)22-17-11-7-4-8-12-17/h2-12,16,18H,1,13-14H2/t16-,18+/m1/s1. The molecule has 0 bridgehead atoms. The highest BCUT2D eigenvalue weighted by molar-refractivity contribution is 8.00. The number of rotatable bonds is 5. The van der Waals surface area contributed by atoms with Crippen LogP contribution in [0.25, 0.3) is 0 Å². The lowest BCUT2D eigenvalue weighted by atomic mass is 10.1. The summed E-state index contributed by atoms with van der Waals surface area (Å²) in [4.78, 5) is 15.8. The molecule has 0 N–H and O–H groups in total. The lowest BCUT2D eigenvalue weighted by Gasteiger charge is -2.16. The minimum Gasteiger partial charge on any atom is -0.337 e. The maximum atomic E-state index is 12.7. The van der Waals surface area contributed by atoms with Crippen LogP contribution in [0.1, 0.15) is 5.56 Å². The summed E-state index contributed by atoms with van der Waals surface area (Å²) in [5.74, 6) is 0.407. The molecule has 3 heteroatoms. The normalized spacial score (nSPS) is 21.1. The number of hydrogen-bond acceptors (Lipinski definition) is 2. The van der Waals surface area contributed by atoms with Gasteiger partial charge in [-0.3, -0.25) is 4.79 Å². The summed E-state index contributed by atoms with van der Waals surface area (Å²) in [7, 11) is 0. The zero-order chi connectivity index (χ0) is 15.4. The van der Waals surface area contributed by atoms with Gasteiger partial charge in [-0.05, 0) is 17.7 Å². The summed E-state index contributed by atoms with van der Waals surface area (Å²) in [6, 6.07) is 20.3. The van der Waals surface area contributed by atoms with E-state index in [4.69, 9.17) is 0 Å². The second-order valence-electron chi connectivity index (χ2n) is 5.46. The molecule has 3 rings (SSSR count). The summed E-state index contributed by atoms with van der Waals surface area (Å²) in [6.45, 7) is 5.35. The molecule has 0 saturated carbocycles. The molecule has 1 saturated heterocycles. The highest BCUT2D eigenvalue weighted by atomic mass is 32.2. The Morgan fingerprint density at radius 1 is 1.09 bits per heavy atom. The first-order chi connectivity index (χ1) is 10.8. The predicted molar refractivity (Wildman–Crippen MR) is 91.6 cm³/mol.